The predicted molar refractivity (Wildman–Crippen MR) is 93.7 cm³/mol. The second kappa shape index (κ2) is 7.46. The second-order valence-corrected chi connectivity index (χ2v) is 6.70. The molecule has 1 aromatic heterocycles. The molecular weight excluding hydrogens is 323 g/mol. The van der Waals surface area contributed by atoms with Crippen LogP contribution in [0, 0.1) is 5.82 Å². The lowest BCUT2D eigenvalue weighted by atomic mass is 10.0. The summed E-state index contributed by atoms with van der Waals surface area (Å²) in [4.78, 5) is 26.6. The van der Waals surface area contributed by atoms with Crippen molar-refractivity contribution in [2.24, 2.45) is 0 Å². The first-order valence-electron chi connectivity index (χ1n) is 8.10. The summed E-state index contributed by atoms with van der Waals surface area (Å²) in [6.45, 7) is 8.06. The number of nitrogens with zero attached hydrogens (tertiary/aromatic N) is 3. The van der Waals surface area contributed by atoms with E-state index in [4.69, 9.17) is 0 Å². The molecular formula is C18H23FN4O2. The fourth-order valence-electron chi connectivity index (χ4n) is 2.29. The van der Waals surface area contributed by atoms with E-state index in [0.717, 1.165) is 0 Å². The number of hydrogen-bond donors (Lipinski definition) is 1. The normalized spacial score (nSPS) is 11.2. The number of halogens is 1. The molecule has 2 rings (SSSR count). The van der Waals surface area contributed by atoms with Gasteiger partial charge in [0.25, 0.3) is 5.91 Å². The van der Waals surface area contributed by atoms with Crippen molar-refractivity contribution in [3.05, 3.63) is 48.0 Å². The molecule has 2 amide bonds. The molecule has 25 heavy (non-hydrogen) atoms. The standard InChI is InChI=1S/C18H23FN4O2/c1-5-22-11-13(10-20-22)17(25)23(18(2,3)4)12-16(24)21-15-8-6-14(19)7-9-15/h6-11H,5,12H2,1-4H3,(H,21,24). The maximum atomic E-state index is 12.9. The molecule has 0 spiro atoms. The molecule has 0 unspecified atom stereocenters. The fourth-order valence-corrected chi connectivity index (χ4v) is 2.29. The van der Waals surface area contributed by atoms with Crippen LogP contribution < -0.4 is 5.32 Å². The van der Waals surface area contributed by atoms with E-state index in [0.29, 0.717) is 17.8 Å². The third-order valence-corrected chi connectivity index (χ3v) is 3.69. The van der Waals surface area contributed by atoms with Gasteiger partial charge in [0.1, 0.15) is 12.4 Å². The summed E-state index contributed by atoms with van der Waals surface area (Å²) in [6, 6.07) is 5.48. The Morgan fingerprint density at radius 2 is 1.88 bits per heavy atom. The van der Waals surface area contributed by atoms with E-state index in [-0.39, 0.29) is 24.2 Å². The summed E-state index contributed by atoms with van der Waals surface area (Å²) in [5, 5.41) is 6.78. The smallest absolute Gasteiger partial charge is 0.257 e. The summed E-state index contributed by atoms with van der Waals surface area (Å²) >= 11 is 0. The van der Waals surface area contributed by atoms with Gasteiger partial charge in [-0.25, -0.2) is 4.39 Å². The summed E-state index contributed by atoms with van der Waals surface area (Å²) in [5.41, 5.74) is 0.365. The lowest BCUT2D eigenvalue weighted by Crippen LogP contribution is -2.49. The number of aromatic nitrogens is 2. The molecule has 0 saturated carbocycles. The average Bonchev–Trinajstić information content (AvgIpc) is 3.02. The first-order valence-corrected chi connectivity index (χ1v) is 8.10. The lowest BCUT2D eigenvalue weighted by Gasteiger charge is -2.35. The Bertz CT molecular complexity index is 747. The van der Waals surface area contributed by atoms with Gasteiger partial charge in [0, 0.05) is 24.0 Å². The van der Waals surface area contributed by atoms with Crippen molar-refractivity contribution in [2.75, 3.05) is 11.9 Å². The van der Waals surface area contributed by atoms with Gasteiger partial charge >= 0.3 is 0 Å². The van der Waals surface area contributed by atoms with Crippen molar-refractivity contribution >= 4 is 17.5 Å². The van der Waals surface area contributed by atoms with Crippen LogP contribution in [0.5, 0.6) is 0 Å². The highest BCUT2D eigenvalue weighted by Crippen LogP contribution is 2.18. The van der Waals surface area contributed by atoms with Gasteiger partial charge in [-0.15, -0.1) is 0 Å². The zero-order chi connectivity index (χ0) is 18.6. The summed E-state index contributed by atoms with van der Waals surface area (Å²) in [5.74, 6) is -0.989. The van der Waals surface area contributed by atoms with Crippen molar-refractivity contribution < 1.29 is 14.0 Å². The molecule has 1 N–H and O–H groups in total. The molecule has 0 aliphatic heterocycles. The van der Waals surface area contributed by atoms with Crippen molar-refractivity contribution in [1.29, 1.82) is 0 Å². The van der Waals surface area contributed by atoms with Crippen LogP contribution in [-0.4, -0.2) is 38.6 Å². The zero-order valence-corrected chi connectivity index (χ0v) is 14.9. The van der Waals surface area contributed by atoms with Crippen LogP contribution in [0.1, 0.15) is 38.1 Å². The Morgan fingerprint density at radius 1 is 1.24 bits per heavy atom. The molecule has 0 radical (unpaired) electrons. The van der Waals surface area contributed by atoms with Gasteiger partial charge in [-0.05, 0) is 52.0 Å². The van der Waals surface area contributed by atoms with Gasteiger partial charge in [0.2, 0.25) is 5.91 Å². The number of hydrogen-bond acceptors (Lipinski definition) is 3. The van der Waals surface area contributed by atoms with E-state index in [1.54, 1.807) is 10.9 Å². The first-order chi connectivity index (χ1) is 11.7. The Kier molecular flexibility index (Phi) is 5.56. The van der Waals surface area contributed by atoms with E-state index in [1.807, 2.05) is 27.7 Å². The minimum atomic E-state index is -0.550. The minimum Gasteiger partial charge on any atom is -0.325 e. The molecule has 0 atom stereocenters. The Labute approximate surface area is 146 Å². The Morgan fingerprint density at radius 3 is 2.40 bits per heavy atom. The lowest BCUT2D eigenvalue weighted by molar-refractivity contribution is -0.117. The SMILES string of the molecule is CCn1cc(C(=O)N(CC(=O)Nc2ccc(F)cc2)C(C)(C)C)cn1. The van der Waals surface area contributed by atoms with Crippen molar-refractivity contribution in [2.45, 2.75) is 39.8 Å². The third-order valence-electron chi connectivity index (χ3n) is 3.69. The quantitative estimate of drug-likeness (QED) is 0.905. The van der Waals surface area contributed by atoms with Gasteiger partial charge in [-0.1, -0.05) is 0 Å². The van der Waals surface area contributed by atoms with Crippen molar-refractivity contribution in [3.63, 3.8) is 0 Å². The van der Waals surface area contributed by atoms with Gasteiger partial charge in [0.15, 0.2) is 0 Å². The topological polar surface area (TPSA) is 67.2 Å². The summed E-state index contributed by atoms with van der Waals surface area (Å²) in [7, 11) is 0. The molecule has 0 fully saturated rings. The number of anilines is 1. The van der Waals surface area contributed by atoms with Crippen molar-refractivity contribution in [1.82, 2.24) is 14.7 Å². The van der Waals surface area contributed by atoms with Crippen LogP contribution in [0.3, 0.4) is 0 Å². The average molecular weight is 346 g/mol. The monoisotopic (exact) mass is 346 g/mol. The van der Waals surface area contributed by atoms with E-state index >= 15 is 0 Å². The maximum Gasteiger partial charge on any atom is 0.257 e. The molecule has 6 nitrogen and oxygen atoms in total. The molecule has 7 heteroatoms. The van der Waals surface area contributed by atoms with Crippen molar-refractivity contribution in [3.8, 4) is 0 Å². The molecule has 0 aliphatic rings. The number of carbonyl (C=O) groups excluding carboxylic acids is 2. The van der Waals surface area contributed by atoms with Gasteiger partial charge in [0.05, 0.1) is 11.8 Å². The number of carbonyl (C=O) groups is 2. The highest BCUT2D eigenvalue weighted by atomic mass is 19.1. The molecule has 2 aromatic rings. The Balaban J connectivity index is 2.13. The number of aryl methyl sites for hydroxylation is 1. The minimum absolute atomic E-state index is 0.114. The molecule has 1 aromatic carbocycles. The van der Waals surface area contributed by atoms with E-state index in [1.165, 1.54) is 35.4 Å². The number of nitrogens with one attached hydrogen (secondary N) is 1. The van der Waals surface area contributed by atoms with Crippen LogP contribution in [-0.2, 0) is 11.3 Å². The van der Waals surface area contributed by atoms with Crippen LogP contribution in [0.4, 0.5) is 10.1 Å². The van der Waals surface area contributed by atoms with Crippen LogP contribution in [0.15, 0.2) is 36.7 Å². The van der Waals surface area contributed by atoms with Gasteiger partial charge in [-0.3, -0.25) is 14.3 Å². The number of amides is 2. The fraction of sp³-hybridized carbons (Fsp3) is 0.389. The van der Waals surface area contributed by atoms with E-state index in [9.17, 15) is 14.0 Å². The molecule has 0 aliphatic carbocycles. The molecule has 0 bridgehead atoms. The maximum absolute atomic E-state index is 12.9. The first kappa shape index (κ1) is 18.6. The highest BCUT2D eigenvalue weighted by Gasteiger charge is 2.30. The predicted octanol–water partition coefficient (Wildman–Crippen LogP) is 2.92. The largest absolute Gasteiger partial charge is 0.325 e. The molecule has 0 saturated heterocycles. The summed E-state index contributed by atoms with van der Waals surface area (Å²) in [6.07, 6.45) is 3.17. The third kappa shape index (κ3) is 4.89. The van der Waals surface area contributed by atoms with Crippen LogP contribution in [0.25, 0.3) is 0 Å². The summed E-state index contributed by atoms with van der Waals surface area (Å²) < 4.78 is 14.6. The molecule has 134 valence electrons. The van der Waals surface area contributed by atoms with Crippen LogP contribution >= 0.6 is 0 Å². The highest BCUT2D eigenvalue weighted by molar-refractivity contribution is 5.99. The van der Waals surface area contributed by atoms with E-state index < -0.39 is 5.54 Å². The zero-order valence-electron chi connectivity index (χ0n) is 14.9. The molecule has 1 heterocycles. The number of benzene rings is 1. The number of rotatable bonds is 5. The van der Waals surface area contributed by atoms with E-state index in [2.05, 4.69) is 10.4 Å². The van der Waals surface area contributed by atoms with Gasteiger partial charge in [-0.2, -0.15) is 5.10 Å². The second-order valence-electron chi connectivity index (χ2n) is 6.70. The van der Waals surface area contributed by atoms with Gasteiger partial charge < -0.3 is 10.2 Å². The van der Waals surface area contributed by atoms with Crippen LogP contribution in [0.2, 0.25) is 0 Å². The Hall–Kier alpha value is -2.70.